The average Bonchev–Trinajstić information content (AvgIpc) is 3.41. The van der Waals surface area contributed by atoms with Crippen LogP contribution in [0.2, 0.25) is 0 Å². The lowest BCUT2D eigenvalue weighted by molar-refractivity contribution is 0.753. The van der Waals surface area contributed by atoms with E-state index < -0.39 is 5.41 Å². The molecule has 2 nitrogen and oxygen atoms in total. The lowest BCUT2D eigenvalue weighted by atomic mass is 9.64. The van der Waals surface area contributed by atoms with Crippen molar-refractivity contribution in [1.29, 1.82) is 0 Å². The molecule has 1 aliphatic carbocycles. The number of rotatable bonds is 4. The summed E-state index contributed by atoms with van der Waals surface area (Å²) >= 11 is 0. The Morgan fingerprint density at radius 2 is 0.889 bits per heavy atom. The van der Waals surface area contributed by atoms with Crippen LogP contribution >= 0.6 is 0 Å². The summed E-state index contributed by atoms with van der Waals surface area (Å²) in [6.07, 6.45) is 0. The molecule has 0 unspecified atom stereocenters. The third kappa shape index (κ3) is 3.82. The first-order valence-electron chi connectivity index (χ1n) is 15.5. The topological polar surface area (TPSA) is 15.3 Å². The van der Waals surface area contributed by atoms with E-state index in [9.17, 15) is 0 Å². The van der Waals surface area contributed by atoms with E-state index in [1.165, 1.54) is 55.9 Å². The highest BCUT2D eigenvalue weighted by molar-refractivity contribution is 5.96. The predicted molar refractivity (Wildman–Crippen MR) is 187 cm³/mol. The van der Waals surface area contributed by atoms with Crippen molar-refractivity contribution < 1.29 is 0 Å². The molecule has 2 aliphatic rings. The minimum Gasteiger partial charge on any atom is -0.356 e. The van der Waals surface area contributed by atoms with Gasteiger partial charge in [0.2, 0.25) is 0 Å². The quantitative estimate of drug-likeness (QED) is 0.225. The van der Waals surface area contributed by atoms with Crippen molar-refractivity contribution in [2.75, 3.05) is 10.2 Å². The van der Waals surface area contributed by atoms with Crippen LogP contribution in [0.5, 0.6) is 0 Å². The number of hydrogen-bond donors (Lipinski definition) is 1. The number of nitrogens with zero attached hydrogens (tertiary/aromatic N) is 1. The van der Waals surface area contributed by atoms with Gasteiger partial charge in [-0.25, -0.2) is 0 Å². The fourth-order valence-corrected chi connectivity index (χ4v) is 7.58. The Morgan fingerprint density at radius 3 is 1.58 bits per heavy atom. The molecule has 1 heterocycles. The maximum absolute atomic E-state index is 3.75. The van der Waals surface area contributed by atoms with Crippen molar-refractivity contribution in [2.24, 2.45) is 0 Å². The van der Waals surface area contributed by atoms with Gasteiger partial charge in [-0.15, -0.1) is 0 Å². The van der Waals surface area contributed by atoms with Gasteiger partial charge in [0, 0.05) is 17.1 Å². The molecule has 0 atom stereocenters. The summed E-state index contributed by atoms with van der Waals surface area (Å²) < 4.78 is 0. The summed E-state index contributed by atoms with van der Waals surface area (Å²) in [5.41, 5.74) is 15.5. The number of hydrogen-bond acceptors (Lipinski definition) is 2. The molecule has 2 heteroatoms. The van der Waals surface area contributed by atoms with Crippen molar-refractivity contribution in [1.82, 2.24) is 0 Å². The van der Waals surface area contributed by atoms with E-state index in [-0.39, 0.29) is 0 Å². The first-order chi connectivity index (χ1) is 22.3. The lowest BCUT2D eigenvalue weighted by Gasteiger charge is -2.45. The molecular weight excluding hydrogens is 544 g/mol. The minimum atomic E-state index is -0.459. The highest BCUT2D eigenvalue weighted by Crippen LogP contribution is 2.63. The molecule has 0 bridgehead atoms. The predicted octanol–water partition coefficient (Wildman–Crippen LogP) is 11.2. The van der Waals surface area contributed by atoms with Crippen LogP contribution in [-0.2, 0) is 5.41 Å². The van der Waals surface area contributed by atoms with Gasteiger partial charge in [-0.1, -0.05) is 127 Å². The van der Waals surface area contributed by atoms with Crippen LogP contribution in [0.1, 0.15) is 22.3 Å². The third-order valence-electron chi connectivity index (χ3n) is 9.44. The normalized spacial score (nSPS) is 13.5. The van der Waals surface area contributed by atoms with E-state index >= 15 is 0 Å². The third-order valence-corrected chi connectivity index (χ3v) is 9.44. The second kappa shape index (κ2) is 10.1. The average molecular weight is 575 g/mol. The smallest absolute Gasteiger partial charge is 0.0755 e. The summed E-state index contributed by atoms with van der Waals surface area (Å²) in [5, 5.41) is 3.75. The molecular formula is C43H30N2. The molecule has 0 saturated carbocycles. The van der Waals surface area contributed by atoms with Crippen LogP contribution in [0, 0.1) is 0 Å². The number of benzene rings is 7. The van der Waals surface area contributed by atoms with Crippen molar-refractivity contribution in [3.05, 3.63) is 198 Å². The van der Waals surface area contributed by atoms with Crippen molar-refractivity contribution >= 4 is 28.4 Å². The zero-order valence-electron chi connectivity index (χ0n) is 24.7. The molecule has 7 aromatic carbocycles. The molecule has 212 valence electrons. The first-order valence-corrected chi connectivity index (χ1v) is 15.5. The summed E-state index contributed by atoms with van der Waals surface area (Å²) in [6.45, 7) is 0. The van der Waals surface area contributed by atoms with Gasteiger partial charge in [-0.05, 0) is 93.0 Å². The molecule has 0 aromatic heterocycles. The molecule has 1 aliphatic heterocycles. The Bertz CT molecular complexity index is 2140. The monoisotopic (exact) mass is 574 g/mol. The molecule has 9 rings (SSSR count). The van der Waals surface area contributed by atoms with E-state index in [0.29, 0.717) is 0 Å². The molecule has 0 radical (unpaired) electrons. The summed E-state index contributed by atoms with van der Waals surface area (Å²) in [4.78, 5) is 2.43. The van der Waals surface area contributed by atoms with Gasteiger partial charge in [-0.3, -0.25) is 0 Å². The lowest BCUT2D eigenvalue weighted by Crippen LogP contribution is -2.36. The SMILES string of the molecule is c1ccc(-c2ccc(Nc3ccc4c(c3)C3(c5ccccc5-c5ccccc53)c3ccccc3N4c3ccccc3)cc2)cc1. The second-order valence-electron chi connectivity index (χ2n) is 11.8. The highest BCUT2D eigenvalue weighted by atomic mass is 15.2. The van der Waals surface area contributed by atoms with Gasteiger partial charge in [0.15, 0.2) is 0 Å². The van der Waals surface area contributed by atoms with E-state index in [2.05, 4.69) is 186 Å². The Balaban J connectivity index is 1.27. The Labute approximate surface area is 263 Å². The van der Waals surface area contributed by atoms with Crippen molar-refractivity contribution in [3.8, 4) is 22.3 Å². The van der Waals surface area contributed by atoms with Crippen LogP contribution < -0.4 is 10.2 Å². The minimum absolute atomic E-state index is 0.459. The van der Waals surface area contributed by atoms with Gasteiger partial charge >= 0.3 is 0 Å². The van der Waals surface area contributed by atoms with Crippen LogP contribution in [0.3, 0.4) is 0 Å². The molecule has 0 saturated heterocycles. The number of nitrogens with one attached hydrogen (secondary N) is 1. The van der Waals surface area contributed by atoms with Gasteiger partial charge in [0.1, 0.15) is 0 Å². The van der Waals surface area contributed by atoms with Gasteiger partial charge < -0.3 is 10.2 Å². The number of fused-ring (bicyclic) bond motifs is 9. The fourth-order valence-electron chi connectivity index (χ4n) is 7.58. The zero-order chi connectivity index (χ0) is 29.8. The van der Waals surface area contributed by atoms with Crippen LogP contribution in [0.25, 0.3) is 22.3 Å². The van der Waals surface area contributed by atoms with Gasteiger partial charge in [0.05, 0.1) is 16.8 Å². The maximum Gasteiger partial charge on any atom is 0.0755 e. The first kappa shape index (κ1) is 25.6. The van der Waals surface area contributed by atoms with E-state index in [4.69, 9.17) is 0 Å². The highest BCUT2D eigenvalue weighted by Gasteiger charge is 2.51. The Hall–Kier alpha value is -5.86. The van der Waals surface area contributed by atoms with E-state index in [1.807, 2.05) is 0 Å². The van der Waals surface area contributed by atoms with Gasteiger partial charge in [-0.2, -0.15) is 0 Å². The Kier molecular flexibility index (Phi) is 5.76. The van der Waals surface area contributed by atoms with Crippen LogP contribution in [0.15, 0.2) is 176 Å². The molecule has 1 N–H and O–H groups in total. The molecule has 45 heavy (non-hydrogen) atoms. The molecule has 7 aromatic rings. The fraction of sp³-hybridized carbons (Fsp3) is 0.0233. The van der Waals surface area contributed by atoms with Crippen LogP contribution in [-0.4, -0.2) is 0 Å². The van der Waals surface area contributed by atoms with Crippen LogP contribution in [0.4, 0.5) is 28.4 Å². The largest absolute Gasteiger partial charge is 0.356 e. The zero-order valence-corrected chi connectivity index (χ0v) is 24.7. The summed E-state index contributed by atoms with van der Waals surface area (Å²) in [7, 11) is 0. The van der Waals surface area contributed by atoms with E-state index in [1.54, 1.807) is 0 Å². The van der Waals surface area contributed by atoms with Crippen molar-refractivity contribution in [3.63, 3.8) is 0 Å². The summed E-state index contributed by atoms with van der Waals surface area (Å²) in [6, 6.07) is 63.8. The molecule has 1 spiro atoms. The van der Waals surface area contributed by atoms with Gasteiger partial charge in [0.25, 0.3) is 0 Å². The molecule has 0 amide bonds. The second-order valence-corrected chi connectivity index (χ2v) is 11.8. The maximum atomic E-state index is 3.75. The van der Waals surface area contributed by atoms with Crippen molar-refractivity contribution in [2.45, 2.75) is 5.41 Å². The number of para-hydroxylation sites is 2. The standard InChI is InChI=1S/C43H30N2/c1-3-13-30(14-4-1)31-23-25-32(26-24-31)44-33-27-28-42-40(29-33)43(37-19-9-7-17-35(37)36-18-8-10-20-38(36)43)39-21-11-12-22-41(39)45(42)34-15-5-2-6-16-34/h1-29,44H. The Morgan fingerprint density at radius 1 is 0.378 bits per heavy atom. The number of anilines is 5. The molecule has 0 fully saturated rings. The summed E-state index contributed by atoms with van der Waals surface area (Å²) in [5.74, 6) is 0. The van der Waals surface area contributed by atoms with E-state index in [0.717, 1.165) is 17.1 Å².